The van der Waals surface area contributed by atoms with Gasteiger partial charge in [0, 0.05) is 17.7 Å². The lowest BCUT2D eigenvalue weighted by atomic mass is 9.63. The fraction of sp³-hybridized carbons (Fsp3) is 0.400. The molecular weight excluding hydrogens is 335 g/mol. The molecule has 2 heterocycles. The van der Waals surface area contributed by atoms with Crippen LogP contribution in [0.25, 0.3) is 0 Å². The van der Waals surface area contributed by atoms with Crippen molar-refractivity contribution in [1.29, 1.82) is 0 Å². The monoisotopic (exact) mass is 354 g/mol. The van der Waals surface area contributed by atoms with Crippen molar-refractivity contribution in [3.05, 3.63) is 56.8 Å². The predicted octanol–water partition coefficient (Wildman–Crippen LogP) is 4.58. The molecule has 1 spiro atoms. The fourth-order valence-corrected chi connectivity index (χ4v) is 5.93. The molecule has 3 aliphatic rings. The van der Waals surface area contributed by atoms with Gasteiger partial charge < -0.3 is 5.32 Å². The van der Waals surface area contributed by atoms with Crippen LogP contribution >= 0.6 is 11.3 Å². The summed E-state index contributed by atoms with van der Waals surface area (Å²) in [5.41, 5.74) is 5.17. The van der Waals surface area contributed by atoms with Gasteiger partial charge in [-0.05, 0) is 47.9 Å². The van der Waals surface area contributed by atoms with E-state index in [9.17, 15) is 9.18 Å². The molecule has 2 aliphatic carbocycles. The number of anilines is 1. The molecule has 2 aromatic rings. The molecule has 0 saturated heterocycles. The van der Waals surface area contributed by atoms with Gasteiger partial charge in [-0.3, -0.25) is 4.79 Å². The van der Waals surface area contributed by atoms with Crippen molar-refractivity contribution in [3.8, 4) is 0 Å². The van der Waals surface area contributed by atoms with Crippen molar-refractivity contribution in [2.75, 3.05) is 5.32 Å². The number of ketones is 1. The minimum Gasteiger partial charge on any atom is -0.342 e. The van der Waals surface area contributed by atoms with Crippen LogP contribution in [0, 0.1) is 11.2 Å². The lowest BCUT2D eigenvalue weighted by molar-refractivity contribution is -0.118. The van der Waals surface area contributed by atoms with E-state index in [1.54, 1.807) is 17.4 Å². The first-order valence-electron chi connectivity index (χ1n) is 8.67. The average molecular weight is 354 g/mol. The lowest BCUT2D eigenvalue weighted by Gasteiger charge is -2.43. The van der Waals surface area contributed by atoms with E-state index in [1.807, 2.05) is 11.6 Å². The van der Waals surface area contributed by atoms with Gasteiger partial charge in [0.1, 0.15) is 11.6 Å². The maximum atomic E-state index is 14.1. The van der Waals surface area contributed by atoms with E-state index in [-0.39, 0.29) is 17.0 Å². The van der Waals surface area contributed by atoms with Crippen LogP contribution in [-0.2, 0) is 16.6 Å². The number of thiazole rings is 1. The summed E-state index contributed by atoms with van der Waals surface area (Å²) in [7, 11) is 0. The number of benzene rings is 1. The van der Waals surface area contributed by atoms with Crippen molar-refractivity contribution in [3.63, 3.8) is 0 Å². The molecule has 1 aromatic heterocycles. The summed E-state index contributed by atoms with van der Waals surface area (Å²) >= 11 is 1.57. The van der Waals surface area contributed by atoms with Crippen LogP contribution in [0.3, 0.4) is 0 Å². The van der Waals surface area contributed by atoms with Crippen molar-refractivity contribution < 1.29 is 9.18 Å². The molecule has 128 valence electrons. The summed E-state index contributed by atoms with van der Waals surface area (Å²) in [4.78, 5) is 18.8. The Kier molecular flexibility index (Phi) is 2.92. The van der Waals surface area contributed by atoms with Crippen molar-refractivity contribution in [1.82, 2.24) is 4.98 Å². The van der Waals surface area contributed by atoms with Gasteiger partial charge in [0.15, 0.2) is 5.78 Å². The topological polar surface area (TPSA) is 42.0 Å². The van der Waals surface area contributed by atoms with Crippen molar-refractivity contribution in [2.24, 2.45) is 5.41 Å². The second-order valence-electron chi connectivity index (χ2n) is 8.16. The van der Waals surface area contributed by atoms with Gasteiger partial charge in [-0.15, -0.1) is 11.3 Å². The van der Waals surface area contributed by atoms with E-state index >= 15 is 0 Å². The van der Waals surface area contributed by atoms with Gasteiger partial charge in [-0.25, -0.2) is 9.37 Å². The molecule has 1 N–H and O–H groups in total. The van der Waals surface area contributed by atoms with Crippen LogP contribution in [0.4, 0.5) is 10.2 Å². The Morgan fingerprint density at radius 2 is 2.12 bits per heavy atom. The third kappa shape index (κ3) is 1.96. The number of fused-ring (bicyclic) bond motifs is 5. The van der Waals surface area contributed by atoms with Crippen LogP contribution in [0.1, 0.15) is 49.1 Å². The SMILES string of the molecule is CC1(C)CC(=O)C2=C(C1)Nc1ncsc1C21CCc2ccc(F)cc21. The molecule has 0 saturated carbocycles. The number of carbonyl (C=O) groups is 1. The fourth-order valence-electron chi connectivity index (χ4n) is 4.93. The molecule has 1 aromatic carbocycles. The quantitative estimate of drug-likeness (QED) is 0.753. The zero-order chi connectivity index (χ0) is 17.4. The Morgan fingerprint density at radius 1 is 1.28 bits per heavy atom. The number of nitrogens with zero attached hydrogens (tertiary/aromatic N) is 1. The first-order chi connectivity index (χ1) is 11.9. The van der Waals surface area contributed by atoms with Crippen LogP contribution in [0.5, 0.6) is 0 Å². The largest absolute Gasteiger partial charge is 0.342 e. The normalized spacial score (nSPS) is 26.3. The van der Waals surface area contributed by atoms with Crippen molar-refractivity contribution >= 4 is 22.9 Å². The summed E-state index contributed by atoms with van der Waals surface area (Å²) < 4.78 is 14.1. The van der Waals surface area contributed by atoms with Gasteiger partial charge in [0.2, 0.25) is 0 Å². The first-order valence-corrected chi connectivity index (χ1v) is 9.55. The Morgan fingerprint density at radius 3 is 2.96 bits per heavy atom. The number of halogens is 1. The summed E-state index contributed by atoms with van der Waals surface area (Å²) in [5.74, 6) is 0.789. The lowest BCUT2D eigenvalue weighted by Crippen LogP contribution is -2.42. The summed E-state index contributed by atoms with van der Waals surface area (Å²) in [6.45, 7) is 4.25. The van der Waals surface area contributed by atoms with E-state index in [1.165, 1.54) is 6.07 Å². The predicted molar refractivity (Wildman–Crippen MR) is 96.3 cm³/mol. The van der Waals surface area contributed by atoms with Crippen LogP contribution in [-0.4, -0.2) is 10.8 Å². The van der Waals surface area contributed by atoms with Crippen molar-refractivity contribution in [2.45, 2.75) is 44.9 Å². The molecule has 3 nitrogen and oxygen atoms in total. The minimum absolute atomic E-state index is 0.0684. The van der Waals surface area contributed by atoms with E-state index in [0.29, 0.717) is 6.42 Å². The van der Waals surface area contributed by atoms with Gasteiger partial charge in [0.25, 0.3) is 0 Å². The molecule has 5 heteroatoms. The Hall–Kier alpha value is -2.01. The van der Waals surface area contributed by atoms with E-state index in [2.05, 4.69) is 24.1 Å². The van der Waals surface area contributed by atoms with Gasteiger partial charge in [-0.2, -0.15) is 0 Å². The molecule has 0 amide bonds. The van der Waals surface area contributed by atoms with Gasteiger partial charge in [0.05, 0.1) is 15.8 Å². The highest BCUT2D eigenvalue weighted by atomic mass is 32.1. The van der Waals surface area contributed by atoms with Crippen LogP contribution < -0.4 is 5.32 Å². The second kappa shape index (κ2) is 4.79. The summed E-state index contributed by atoms with van der Waals surface area (Å²) in [6, 6.07) is 5.03. The molecule has 1 aliphatic heterocycles. The van der Waals surface area contributed by atoms with Crippen LogP contribution in [0.2, 0.25) is 0 Å². The molecule has 25 heavy (non-hydrogen) atoms. The maximum absolute atomic E-state index is 14.1. The number of aromatic nitrogens is 1. The summed E-state index contributed by atoms with van der Waals surface area (Å²) in [6.07, 6.45) is 3.03. The Labute approximate surface area is 150 Å². The highest BCUT2D eigenvalue weighted by molar-refractivity contribution is 7.10. The number of hydrogen-bond acceptors (Lipinski definition) is 4. The third-order valence-electron chi connectivity index (χ3n) is 5.83. The van der Waals surface area contributed by atoms with E-state index in [4.69, 9.17) is 0 Å². The molecule has 0 bridgehead atoms. The Balaban J connectivity index is 1.83. The number of nitrogens with one attached hydrogen (secondary N) is 1. The molecule has 1 unspecified atom stereocenters. The average Bonchev–Trinajstić information content (AvgIpc) is 3.12. The molecule has 0 radical (unpaired) electrons. The number of allylic oxidation sites excluding steroid dienone is 2. The highest BCUT2D eigenvalue weighted by Crippen LogP contribution is 2.58. The van der Waals surface area contributed by atoms with Gasteiger partial charge >= 0.3 is 0 Å². The second-order valence-corrected chi connectivity index (χ2v) is 9.01. The molecule has 0 fully saturated rings. The molecular formula is C20H19FN2OS. The third-order valence-corrected chi connectivity index (χ3v) is 6.82. The first kappa shape index (κ1) is 15.3. The zero-order valence-corrected chi connectivity index (χ0v) is 15.1. The zero-order valence-electron chi connectivity index (χ0n) is 14.3. The van der Waals surface area contributed by atoms with E-state index in [0.717, 1.165) is 52.4 Å². The number of carbonyl (C=O) groups excluding carboxylic acids is 1. The number of rotatable bonds is 0. The molecule has 5 rings (SSSR count). The number of hydrogen-bond donors (Lipinski definition) is 1. The standard InChI is InChI=1S/C20H19FN2OS/c1-19(2)8-14-16(15(24)9-19)20(17-18(23-14)22-10-25-17)6-5-11-3-4-12(21)7-13(11)20/h3-4,7,10,23H,5-6,8-9H2,1-2H3. The Bertz CT molecular complexity index is 958. The minimum atomic E-state index is -0.526. The number of Topliss-reactive ketones (excluding diaryl/α,β-unsaturated/α-hetero) is 1. The maximum Gasteiger partial charge on any atom is 0.162 e. The summed E-state index contributed by atoms with van der Waals surface area (Å²) in [5, 5.41) is 3.43. The highest BCUT2D eigenvalue weighted by Gasteiger charge is 2.54. The van der Waals surface area contributed by atoms with E-state index < -0.39 is 5.41 Å². The van der Waals surface area contributed by atoms with Crippen LogP contribution in [0.15, 0.2) is 35.0 Å². The smallest absolute Gasteiger partial charge is 0.162 e. The van der Waals surface area contributed by atoms with Gasteiger partial charge in [-0.1, -0.05) is 19.9 Å². The number of aryl methyl sites for hydroxylation is 1. The molecule has 1 atom stereocenters.